The molecule has 0 N–H and O–H groups in total. The molecule has 0 spiro atoms. The zero-order valence-corrected chi connectivity index (χ0v) is 13.6. The molecule has 0 aromatic rings. The van der Waals surface area contributed by atoms with Crippen LogP contribution in [-0.4, -0.2) is 0 Å². The summed E-state index contributed by atoms with van der Waals surface area (Å²) in [5.74, 6) is 4.22. The van der Waals surface area contributed by atoms with Gasteiger partial charge in [0.05, 0.1) is 6.07 Å². The van der Waals surface area contributed by atoms with Gasteiger partial charge in [-0.05, 0) is 62.2 Å². The van der Waals surface area contributed by atoms with E-state index >= 15 is 0 Å². The Labute approximate surface area is 126 Å². The van der Waals surface area contributed by atoms with Gasteiger partial charge in [0.1, 0.15) is 0 Å². The van der Waals surface area contributed by atoms with Crippen LogP contribution in [0.15, 0.2) is 0 Å². The first-order valence-corrected chi connectivity index (χ1v) is 9.14. The molecule has 3 unspecified atom stereocenters. The summed E-state index contributed by atoms with van der Waals surface area (Å²) in [6.07, 6.45) is 15.1. The molecule has 0 heterocycles. The smallest absolute Gasteiger partial charge is 0.0655 e. The van der Waals surface area contributed by atoms with Crippen molar-refractivity contribution in [3.05, 3.63) is 0 Å². The van der Waals surface area contributed by atoms with E-state index in [1.165, 1.54) is 70.6 Å². The van der Waals surface area contributed by atoms with Gasteiger partial charge in [-0.2, -0.15) is 5.26 Å². The molecule has 0 saturated heterocycles. The summed E-state index contributed by atoms with van der Waals surface area (Å²) in [5, 5.41) is 9.03. The third kappa shape index (κ3) is 4.24. The molecular weight excluding hydrogens is 242 g/mol. The first-order valence-electron chi connectivity index (χ1n) is 9.14. The third-order valence-corrected chi connectivity index (χ3v) is 6.12. The van der Waals surface area contributed by atoms with Crippen LogP contribution in [0, 0.1) is 40.9 Å². The Bertz CT molecular complexity index is 308. The molecule has 2 saturated carbocycles. The average Bonchev–Trinajstić information content (AvgIpc) is 2.48. The van der Waals surface area contributed by atoms with Crippen molar-refractivity contribution in [1.82, 2.24) is 0 Å². The van der Waals surface area contributed by atoms with E-state index in [9.17, 15) is 0 Å². The molecule has 0 amide bonds. The summed E-state index contributed by atoms with van der Waals surface area (Å²) in [5.41, 5.74) is 0. The van der Waals surface area contributed by atoms with Gasteiger partial charge < -0.3 is 0 Å². The molecule has 1 nitrogen and oxygen atoms in total. The lowest BCUT2D eigenvalue weighted by atomic mass is 9.64. The van der Waals surface area contributed by atoms with E-state index in [2.05, 4.69) is 19.9 Å². The Morgan fingerprint density at radius 3 is 2.35 bits per heavy atom. The molecule has 2 aliphatic rings. The van der Waals surface area contributed by atoms with Crippen LogP contribution in [0.3, 0.4) is 0 Å². The maximum atomic E-state index is 9.03. The second-order valence-corrected chi connectivity index (χ2v) is 7.56. The van der Waals surface area contributed by atoms with Gasteiger partial charge in [0, 0.05) is 5.92 Å². The van der Waals surface area contributed by atoms with Gasteiger partial charge >= 0.3 is 0 Å². The Hall–Kier alpha value is -0.510. The highest BCUT2D eigenvalue weighted by atomic mass is 14.4. The van der Waals surface area contributed by atoms with Crippen molar-refractivity contribution in [3.8, 4) is 6.07 Å². The van der Waals surface area contributed by atoms with E-state index in [1.807, 2.05) is 0 Å². The Morgan fingerprint density at radius 1 is 1.00 bits per heavy atom. The minimum Gasteiger partial charge on any atom is -0.198 e. The molecule has 20 heavy (non-hydrogen) atoms. The van der Waals surface area contributed by atoms with Crippen LogP contribution in [0.1, 0.15) is 84.5 Å². The minimum atomic E-state index is 0.368. The highest BCUT2D eigenvalue weighted by Gasteiger charge is 2.34. The van der Waals surface area contributed by atoms with E-state index in [0.29, 0.717) is 5.92 Å². The molecule has 0 aromatic heterocycles. The predicted molar refractivity (Wildman–Crippen MR) is 85.2 cm³/mol. The van der Waals surface area contributed by atoms with Gasteiger partial charge in [-0.25, -0.2) is 0 Å². The Kier molecular flexibility index (Phi) is 6.40. The van der Waals surface area contributed by atoms with Gasteiger partial charge in [-0.15, -0.1) is 0 Å². The molecule has 2 rings (SSSR count). The van der Waals surface area contributed by atoms with E-state index in [4.69, 9.17) is 5.26 Å². The summed E-state index contributed by atoms with van der Waals surface area (Å²) >= 11 is 0. The number of nitriles is 1. The van der Waals surface area contributed by atoms with E-state index < -0.39 is 0 Å². The summed E-state index contributed by atoms with van der Waals surface area (Å²) < 4.78 is 0. The molecular formula is C19H33N. The normalized spacial score (nSPS) is 38.4. The standard InChI is InChI=1S/C19H33N/c1-3-4-5-6-16-9-12-19(15(2)13-16)18-10-7-17(14-20)8-11-18/h15-19H,3-13H2,1-2H3. The van der Waals surface area contributed by atoms with Crippen LogP contribution in [0.25, 0.3) is 0 Å². The molecule has 2 aliphatic carbocycles. The molecule has 114 valence electrons. The quantitative estimate of drug-likeness (QED) is 0.569. The maximum Gasteiger partial charge on any atom is 0.0655 e. The van der Waals surface area contributed by atoms with Crippen LogP contribution >= 0.6 is 0 Å². The lowest BCUT2D eigenvalue weighted by molar-refractivity contribution is 0.0994. The molecule has 0 aliphatic heterocycles. The molecule has 3 atom stereocenters. The number of rotatable bonds is 5. The van der Waals surface area contributed by atoms with Crippen molar-refractivity contribution in [2.75, 3.05) is 0 Å². The second-order valence-electron chi connectivity index (χ2n) is 7.56. The number of unbranched alkanes of at least 4 members (excludes halogenated alkanes) is 2. The predicted octanol–water partition coefficient (Wildman–Crippen LogP) is 5.95. The molecule has 0 bridgehead atoms. The van der Waals surface area contributed by atoms with Crippen LogP contribution in [0.5, 0.6) is 0 Å². The molecule has 0 aromatic carbocycles. The summed E-state index contributed by atoms with van der Waals surface area (Å²) in [6.45, 7) is 4.81. The lowest BCUT2D eigenvalue weighted by Crippen LogP contribution is -2.31. The van der Waals surface area contributed by atoms with Crippen molar-refractivity contribution >= 4 is 0 Å². The molecule has 2 fully saturated rings. The fourth-order valence-corrected chi connectivity index (χ4v) is 4.85. The van der Waals surface area contributed by atoms with E-state index in [-0.39, 0.29) is 0 Å². The van der Waals surface area contributed by atoms with Crippen LogP contribution in [0.4, 0.5) is 0 Å². The van der Waals surface area contributed by atoms with Crippen molar-refractivity contribution in [2.45, 2.75) is 84.5 Å². The van der Waals surface area contributed by atoms with E-state index in [0.717, 1.165) is 23.7 Å². The highest BCUT2D eigenvalue weighted by molar-refractivity contribution is 4.91. The fourth-order valence-electron chi connectivity index (χ4n) is 4.85. The number of nitrogens with zero attached hydrogens (tertiary/aromatic N) is 1. The van der Waals surface area contributed by atoms with Crippen LogP contribution in [0.2, 0.25) is 0 Å². The topological polar surface area (TPSA) is 23.8 Å². The van der Waals surface area contributed by atoms with Crippen molar-refractivity contribution in [3.63, 3.8) is 0 Å². The summed E-state index contributed by atoms with van der Waals surface area (Å²) in [7, 11) is 0. The Morgan fingerprint density at radius 2 is 1.75 bits per heavy atom. The third-order valence-electron chi connectivity index (χ3n) is 6.12. The minimum absolute atomic E-state index is 0.368. The zero-order valence-electron chi connectivity index (χ0n) is 13.6. The monoisotopic (exact) mass is 275 g/mol. The average molecular weight is 275 g/mol. The molecule has 0 radical (unpaired) electrons. The summed E-state index contributed by atoms with van der Waals surface area (Å²) in [6, 6.07) is 2.47. The lowest BCUT2D eigenvalue weighted by Gasteiger charge is -2.41. The summed E-state index contributed by atoms with van der Waals surface area (Å²) in [4.78, 5) is 0. The van der Waals surface area contributed by atoms with Gasteiger partial charge in [0.2, 0.25) is 0 Å². The number of hydrogen-bond acceptors (Lipinski definition) is 1. The number of hydrogen-bond donors (Lipinski definition) is 0. The SMILES string of the molecule is CCCCCC1CCC(C2CCC(C#N)CC2)C(C)C1. The van der Waals surface area contributed by atoms with Gasteiger partial charge in [-0.3, -0.25) is 0 Å². The first kappa shape index (κ1) is 15.9. The second kappa shape index (κ2) is 8.06. The van der Waals surface area contributed by atoms with Crippen molar-refractivity contribution in [2.24, 2.45) is 29.6 Å². The van der Waals surface area contributed by atoms with Gasteiger partial charge in [0.25, 0.3) is 0 Å². The van der Waals surface area contributed by atoms with E-state index in [1.54, 1.807) is 0 Å². The first-order chi connectivity index (χ1) is 9.74. The zero-order chi connectivity index (χ0) is 14.4. The largest absolute Gasteiger partial charge is 0.198 e. The van der Waals surface area contributed by atoms with Gasteiger partial charge in [0.15, 0.2) is 0 Å². The van der Waals surface area contributed by atoms with Crippen molar-refractivity contribution in [1.29, 1.82) is 5.26 Å². The van der Waals surface area contributed by atoms with Gasteiger partial charge in [-0.1, -0.05) is 46.0 Å². The highest BCUT2D eigenvalue weighted by Crippen LogP contribution is 2.45. The van der Waals surface area contributed by atoms with Crippen molar-refractivity contribution < 1.29 is 0 Å². The van der Waals surface area contributed by atoms with Crippen LogP contribution in [-0.2, 0) is 0 Å². The maximum absolute atomic E-state index is 9.03. The van der Waals surface area contributed by atoms with Crippen LogP contribution < -0.4 is 0 Å². The fraction of sp³-hybridized carbons (Fsp3) is 0.947. The molecule has 1 heteroatoms. The Balaban J connectivity index is 1.74.